The van der Waals surface area contributed by atoms with Crippen molar-refractivity contribution in [3.63, 3.8) is 0 Å². The molecule has 0 bridgehead atoms. The van der Waals surface area contributed by atoms with Gasteiger partial charge in [-0.1, -0.05) is 196 Å². The van der Waals surface area contributed by atoms with Crippen molar-refractivity contribution in [3.8, 4) is 0 Å². The van der Waals surface area contributed by atoms with Crippen LogP contribution in [0.15, 0.2) is 72.9 Å². The number of allylic oxidation sites excluding steroid dienone is 12. The van der Waals surface area contributed by atoms with E-state index < -0.39 is 6.10 Å². The molecule has 0 fully saturated rings. The van der Waals surface area contributed by atoms with Gasteiger partial charge in [-0.05, 0) is 109 Å². The maximum atomic E-state index is 12.8. The molecule has 6 heteroatoms. The van der Waals surface area contributed by atoms with Crippen LogP contribution in [-0.4, -0.2) is 37.2 Å². The van der Waals surface area contributed by atoms with Crippen molar-refractivity contribution in [2.75, 3.05) is 13.2 Å². The molecule has 0 aromatic heterocycles. The number of unbranched alkanes of at least 4 members (excludes halogenated alkanes) is 24. The Kier molecular flexibility index (Phi) is 48.9. The average molecular weight is 879 g/mol. The summed E-state index contributed by atoms with van der Waals surface area (Å²) in [6.07, 6.45) is 64.5. The minimum absolute atomic E-state index is 0.0909. The SMILES string of the molecule is CC/C=C\C/C=C\C/C=C\C/C=C\CCCCCCC(=O)OC[C@H](COC(=O)CCCCCCC/C=C\CCCCCCCC)OC(=O)CCCCCCC/C=C\CCCCCC. The van der Waals surface area contributed by atoms with Gasteiger partial charge >= 0.3 is 17.9 Å². The lowest BCUT2D eigenvalue weighted by atomic mass is 10.1. The van der Waals surface area contributed by atoms with Crippen LogP contribution in [0, 0.1) is 0 Å². The van der Waals surface area contributed by atoms with Crippen LogP contribution in [0.1, 0.15) is 252 Å². The van der Waals surface area contributed by atoms with Crippen LogP contribution in [0.5, 0.6) is 0 Å². The first-order chi connectivity index (χ1) is 31.0. The lowest BCUT2D eigenvalue weighted by Crippen LogP contribution is -2.30. The lowest BCUT2D eigenvalue weighted by Gasteiger charge is -2.18. The zero-order chi connectivity index (χ0) is 45.8. The van der Waals surface area contributed by atoms with Gasteiger partial charge in [0.15, 0.2) is 6.10 Å². The maximum Gasteiger partial charge on any atom is 0.306 e. The molecule has 0 rings (SSSR count). The summed E-state index contributed by atoms with van der Waals surface area (Å²) in [6.45, 7) is 6.47. The fourth-order valence-corrected chi connectivity index (χ4v) is 7.19. The van der Waals surface area contributed by atoms with Crippen LogP contribution in [0.3, 0.4) is 0 Å². The van der Waals surface area contributed by atoms with Gasteiger partial charge in [0, 0.05) is 19.3 Å². The maximum absolute atomic E-state index is 12.8. The summed E-state index contributed by atoms with van der Waals surface area (Å²) < 4.78 is 16.8. The first-order valence-corrected chi connectivity index (χ1v) is 26.4. The molecule has 0 N–H and O–H groups in total. The molecule has 0 amide bonds. The van der Waals surface area contributed by atoms with E-state index in [0.717, 1.165) is 116 Å². The molecule has 0 unspecified atom stereocenters. The second-order valence-electron chi connectivity index (χ2n) is 17.4. The average Bonchev–Trinajstić information content (AvgIpc) is 3.28. The Balaban J connectivity index is 4.44. The van der Waals surface area contributed by atoms with E-state index in [-0.39, 0.29) is 31.1 Å². The molecule has 0 heterocycles. The van der Waals surface area contributed by atoms with E-state index in [4.69, 9.17) is 14.2 Å². The van der Waals surface area contributed by atoms with Gasteiger partial charge in [0.05, 0.1) is 0 Å². The van der Waals surface area contributed by atoms with Gasteiger partial charge in [0.1, 0.15) is 13.2 Å². The number of carbonyl (C=O) groups is 3. The van der Waals surface area contributed by atoms with Crippen molar-refractivity contribution in [1.82, 2.24) is 0 Å². The molecule has 0 saturated carbocycles. The monoisotopic (exact) mass is 879 g/mol. The second kappa shape index (κ2) is 51.5. The zero-order valence-electron chi connectivity index (χ0n) is 41.3. The normalized spacial score (nSPS) is 12.6. The van der Waals surface area contributed by atoms with Gasteiger partial charge in [0.2, 0.25) is 0 Å². The molecule has 0 aliphatic carbocycles. The molecule has 0 saturated heterocycles. The summed E-state index contributed by atoms with van der Waals surface area (Å²) >= 11 is 0. The number of ether oxygens (including phenoxy) is 3. The van der Waals surface area contributed by atoms with Crippen LogP contribution in [-0.2, 0) is 28.6 Å². The topological polar surface area (TPSA) is 78.9 Å². The van der Waals surface area contributed by atoms with Gasteiger partial charge < -0.3 is 14.2 Å². The summed E-state index contributed by atoms with van der Waals surface area (Å²) in [5.74, 6) is -0.929. The van der Waals surface area contributed by atoms with Gasteiger partial charge in [-0.2, -0.15) is 0 Å². The Labute approximate surface area is 389 Å². The third-order valence-electron chi connectivity index (χ3n) is 11.2. The van der Waals surface area contributed by atoms with E-state index in [1.165, 1.54) is 96.3 Å². The van der Waals surface area contributed by atoms with Crippen LogP contribution in [0.2, 0.25) is 0 Å². The van der Waals surface area contributed by atoms with Crippen molar-refractivity contribution in [2.45, 2.75) is 258 Å². The fourth-order valence-electron chi connectivity index (χ4n) is 7.19. The molecule has 1 atom stereocenters. The van der Waals surface area contributed by atoms with Gasteiger partial charge in [-0.25, -0.2) is 0 Å². The van der Waals surface area contributed by atoms with Crippen LogP contribution >= 0.6 is 0 Å². The summed E-state index contributed by atoms with van der Waals surface area (Å²) in [7, 11) is 0. The van der Waals surface area contributed by atoms with Crippen LogP contribution in [0.4, 0.5) is 0 Å². The standard InChI is InChI=1S/C57H98O6/c1-4-7-10-13-16-19-22-25-27-28-30-33-35-38-41-44-47-50-56(59)62-53-54(63-57(60)51-48-45-42-39-36-31-24-21-18-15-12-9-6-3)52-61-55(58)49-46-43-40-37-34-32-29-26-23-20-17-14-11-8-5-2/h7,10,16,19,21,24-27,29-30,33,54H,4-6,8-9,11-15,17-18,20,22-23,28,31-32,34-53H2,1-3H3/b10-7-,19-16-,24-21-,27-25-,29-26-,33-30-/t54-/m0/s1. The lowest BCUT2D eigenvalue weighted by molar-refractivity contribution is -0.167. The van der Waals surface area contributed by atoms with Crippen molar-refractivity contribution < 1.29 is 28.6 Å². The minimum atomic E-state index is -0.792. The first kappa shape index (κ1) is 59.9. The quantitative estimate of drug-likeness (QED) is 0.0262. The Hall–Kier alpha value is -3.15. The second-order valence-corrected chi connectivity index (χ2v) is 17.4. The smallest absolute Gasteiger partial charge is 0.306 e. The molecule has 0 aromatic rings. The largest absolute Gasteiger partial charge is 0.462 e. The predicted octanol–water partition coefficient (Wildman–Crippen LogP) is 17.4. The van der Waals surface area contributed by atoms with Gasteiger partial charge in [-0.3, -0.25) is 14.4 Å². The van der Waals surface area contributed by atoms with E-state index in [2.05, 4.69) is 93.7 Å². The Morgan fingerprint density at radius 1 is 0.333 bits per heavy atom. The van der Waals surface area contributed by atoms with E-state index in [1.54, 1.807) is 0 Å². The first-order valence-electron chi connectivity index (χ1n) is 26.4. The molecule has 362 valence electrons. The summed E-state index contributed by atoms with van der Waals surface area (Å²) in [5, 5.41) is 0. The van der Waals surface area contributed by atoms with Crippen LogP contribution in [0.25, 0.3) is 0 Å². The molecule has 0 aliphatic heterocycles. The third kappa shape index (κ3) is 49.7. The Bertz CT molecular complexity index is 1190. The zero-order valence-corrected chi connectivity index (χ0v) is 41.3. The highest BCUT2D eigenvalue weighted by Gasteiger charge is 2.19. The van der Waals surface area contributed by atoms with E-state index >= 15 is 0 Å². The van der Waals surface area contributed by atoms with Gasteiger partial charge in [-0.15, -0.1) is 0 Å². The van der Waals surface area contributed by atoms with E-state index in [0.29, 0.717) is 19.3 Å². The van der Waals surface area contributed by atoms with Crippen LogP contribution < -0.4 is 0 Å². The highest BCUT2D eigenvalue weighted by molar-refractivity contribution is 5.71. The summed E-state index contributed by atoms with van der Waals surface area (Å²) in [6, 6.07) is 0. The number of esters is 3. The molecular weight excluding hydrogens is 781 g/mol. The van der Waals surface area contributed by atoms with Crippen molar-refractivity contribution in [1.29, 1.82) is 0 Å². The molecule has 63 heavy (non-hydrogen) atoms. The fraction of sp³-hybridized carbons (Fsp3) is 0.737. The molecule has 0 aromatic carbocycles. The van der Waals surface area contributed by atoms with Crippen molar-refractivity contribution in [2.24, 2.45) is 0 Å². The highest BCUT2D eigenvalue weighted by Crippen LogP contribution is 2.14. The number of hydrogen-bond acceptors (Lipinski definition) is 6. The number of carbonyl (C=O) groups excluding carboxylic acids is 3. The molecular formula is C57H98O6. The number of rotatable bonds is 47. The van der Waals surface area contributed by atoms with Crippen molar-refractivity contribution >= 4 is 17.9 Å². The third-order valence-corrected chi connectivity index (χ3v) is 11.2. The minimum Gasteiger partial charge on any atom is -0.462 e. The highest BCUT2D eigenvalue weighted by atomic mass is 16.6. The summed E-state index contributed by atoms with van der Waals surface area (Å²) in [4.78, 5) is 38.0. The predicted molar refractivity (Wildman–Crippen MR) is 270 cm³/mol. The van der Waals surface area contributed by atoms with E-state index in [1.807, 2.05) is 0 Å². The number of hydrogen-bond donors (Lipinski definition) is 0. The van der Waals surface area contributed by atoms with Gasteiger partial charge in [0.25, 0.3) is 0 Å². The Morgan fingerprint density at radius 2 is 0.619 bits per heavy atom. The van der Waals surface area contributed by atoms with E-state index in [9.17, 15) is 14.4 Å². The molecule has 0 radical (unpaired) electrons. The summed E-state index contributed by atoms with van der Waals surface area (Å²) in [5.41, 5.74) is 0. The molecule has 6 nitrogen and oxygen atoms in total. The van der Waals surface area contributed by atoms with Crippen molar-refractivity contribution in [3.05, 3.63) is 72.9 Å². The Morgan fingerprint density at radius 3 is 1.00 bits per heavy atom. The molecule has 0 spiro atoms. The molecule has 0 aliphatic rings.